The number of rotatable bonds is 8. The largest absolute Gasteiger partial charge is 0.325 e. The fourth-order valence-corrected chi connectivity index (χ4v) is 4.71. The van der Waals surface area contributed by atoms with Crippen LogP contribution in [-0.4, -0.2) is 26.4 Å². The lowest BCUT2D eigenvalue weighted by Crippen LogP contribution is -2.15. The van der Waals surface area contributed by atoms with Crippen molar-refractivity contribution in [3.05, 3.63) is 106 Å². The first-order valence-corrected chi connectivity index (χ1v) is 12.2. The van der Waals surface area contributed by atoms with Crippen molar-refractivity contribution in [2.75, 3.05) is 11.1 Å². The quantitative estimate of drug-likeness (QED) is 0.282. The van der Waals surface area contributed by atoms with Crippen molar-refractivity contribution in [3.63, 3.8) is 0 Å². The molecule has 1 heterocycles. The van der Waals surface area contributed by atoms with Crippen LogP contribution in [0.2, 0.25) is 10.0 Å². The van der Waals surface area contributed by atoms with E-state index in [4.69, 9.17) is 23.2 Å². The molecular formula is C25H22Cl2N4OS. The van der Waals surface area contributed by atoms with Crippen LogP contribution in [0.1, 0.15) is 29.8 Å². The molecular weight excluding hydrogens is 475 g/mol. The molecule has 0 atom stereocenters. The van der Waals surface area contributed by atoms with Crippen LogP contribution in [0.25, 0.3) is 0 Å². The van der Waals surface area contributed by atoms with E-state index in [1.54, 1.807) is 18.2 Å². The van der Waals surface area contributed by atoms with E-state index in [1.165, 1.54) is 11.8 Å². The minimum Gasteiger partial charge on any atom is -0.325 e. The summed E-state index contributed by atoms with van der Waals surface area (Å²) in [6, 6.07) is 25.5. The molecule has 5 nitrogen and oxygen atoms in total. The molecule has 0 spiro atoms. The molecule has 33 heavy (non-hydrogen) atoms. The predicted molar refractivity (Wildman–Crippen MR) is 135 cm³/mol. The van der Waals surface area contributed by atoms with Crippen LogP contribution >= 0.6 is 35.0 Å². The van der Waals surface area contributed by atoms with E-state index in [2.05, 4.69) is 51.3 Å². The number of benzene rings is 3. The molecule has 1 N–H and O–H groups in total. The summed E-state index contributed by atoms with van der Waals surface area (Å²) in [6.07, 6.45) is 0. The molecule has 3 aromatic carbocycles. The van der Waals surface area contributed by atoms with Crippen LogP contribution in [-0.2, 0) is 11.3 Å². The van der Waals surface area contributed by atoms with Crippen molar-refractivity contribution >= 4 is 46.6 Å². The Kier molecular flexibility index (Phi) is 7.70. The zero-order valence-electron chi connectivity index (χ0n) is 17.9. The number of nitrogens with one attached hydrogen (secondary N) is 1. The molecule has 0 aliphatic heterocycles. The molecule has 0 fully saturated rings. The van der Waals surface area contributed by atoms with E-state index in [-0.39, 0.29) is 17.6 Å². The predicted octanol–water partition coefficient (Wildman–Crippen LogP) is 6.52. The van der Waals surface area contributed by atoms with Crippen LogP contribution in [0.4, 0.5) is 5.69 Å². The highest BCUT2D eigenvalue weighted by atomic mass is 35.5. The van der Waals surface area contributed by atoms with Crippen molar-refractivity contribution in [1.82, 2.24) is 14.8 Å². The third kappa shape index (κ3) is 5.58. The molecule has 0 saturated heterocycles. The Morgan fingerprint density at radius 2 is 1.58 bits per heavy atom. The molecule has 1 aromatic heterocycles. The van der Waals surface area contributed by atoms with Gasteiger partial charge < -0.3 is 9.88 Å². The molecule has 0 aliphatic rings. The molecule has 0 saturated carbocycles. The van der Waals surface area contributed by atoms with Crippen LogP contribution in [0.15, 0.2) is 84.0 Å². The number of aromatic nitrogens is 3. The number of anilines is 1. The van der Waals surface area contributed by atoms with E-state index in [9.17, 15) is 4.79 Å². The molecule has 0 radical (unpaired) electrons. The van der Waals surface area contributed by atoms with Gasteiger partial charge in [-0.2, -0.15) is 0 Å². The summed E-state index contributed by atoms with van der Waals surface area (Å²) in [4.78, 5) is 12.5. The van der Waals surface area contributed by atoms with Gasteiger partial charge in [0.05, 0.1) is 21.7 Å². The zero-order valence-corrected chi connectivity index (χ0v) is 20.2. The molecule has 0 unspecified atom stereocenters. The van der Waals surface area contributed by atoms with E-state index in [0.29, 0.717) is 27.4 Å². The third-order valence-corrected chi connectivity index (χ3v) is 6.83. The number of hydrogen-bond donors (Lipinski definition) is 1. The maximum atomic E-state index is 12.5. The standard InChI is InChI=1S/C25H22Cl2N4OS/c1-2-31-24(23(17-9-5-3-6-10-17)18-11-7-4-8-12-18)29-30-25(31)33-16-22(32)28-19-13-14-20(26)21(27)15-19/h3-15,23H,2,16H2,1H3,(H,28,32). The number of amides is 1. The monoisotopic (exact) mass is 496 g/mol. The second-order valence-electron chi connectivity index (χ2n) is 7.31. The summed E-state index contributed by atoms with van der Waals surface area (Å²) < 4.78 is 2.07. The average molecular weight is 497 g/mol. The lowest BCUT2D eigenvalue weighted by molar-refractivity contribution is -0.113. The highest BCUT2D eigenvalue weighted by Gasteiger charge is 2.24. The first-order chi connectivity index (χ1) is 16.1. The number of carbonyl (C=O) groups is 1. The minimum absolute atomic E-state index is 0.0563. The van der Waals surface area contributed by atoms with Gasteiger partial charge in [0.15, 0.2) is 5.16 Å². The van der Waals surface area contributed by atoms with Gasteiger partial charge in [0.25, 0.3) is 0 Å². The third-order valence-electron chi connectivity index (χ3n) is 5.12. The molecule has 0 aliphatic carbocycles. The normalized spacial score (nSPS) is 11.0. The minimum atomic E-state index is -0.159. The van der Waals surface area contributed by atoms with Gasteiger partial charge in [-0.15, -0.1) is 10.2 Å². The SMILES string of the molecule is CCn1c(SCC(=O)Nc2ccc(Cl)c(Cl)c2)nnc1C(c1ccccc1)c1ccccc1. The Hall–Kier alpha value is -2.80. The Bertz CT molecular complexity index is 1190. The van der Waals surface area contributed by atoms with E-state index >= 15 is 0 Å². The fourth-order valence-electron chi connectivity index (χ4n) is 3.60. The van der Waals surface area contributed by atoms with Gasteiger partial charge in [-0.05, 0) is 36.2 Å². The van der Waals surface area contributed by atoms with Crippen LogP contribution in [0, 0.1) is 0 Å². The van der Waals surface area contributed by atoms with Crippen molar-refractivity contribution in [3.8, 4) is 0 Å². The summed E-state index contributed by atoms with van der Waals surface area (Å²) >= 11 is 13.3. The van der Waals surface area contributed by atoms with Gasteiger partial charge in [0.1, 0.15) is 5.82 Å². The van der Waals surface area contributed by atoms with Crippen molar-refractivity contribution < 1.29 is 4.79 Å². The number of nitrogens with zero attached hydrogens (tertiary/aromatic N) is 3. The van der Waals surface area contributed by atoms with Crippen LogP contribution in [0.3, 0.4) is 0 Å². The van der Waals surface area contributed by atoms with Gasteiger partial charge in [-0.25, -0.2) is 0 Å². The molecule has 168 valence electrons. The van der Waals surface area contributed by atoms with Crippen molar-refractivity contribution in [2.45, 2.75) is 24.5 Å². The maximum absolute atomic E-state index is 12.5. The molecule has 0 bridgehead atoms. The summed E-state index contributed by atoms with van der Waals surface area (Å²) in [6.45, 7) is 2.75. The molecule has 4 aromatic rings. The summed E-state index contributed by atoms with van der Waals surface area (Å²) in [5, 5.41) is 13.4. The van der Waals surface area contributed by atoms with Gasteiger partial charge in [-0.3, -0.25) is 4.79 Å². The lowest BCUT2D eigenvalue weighted by atomic mass is 9.90. The fraction of sp³-hybridized carbons (Fsp3) is 0.160. The molecule has 1 amide bonds. The summed E-state index contributed by atoms with van der Waals surface area (Å²) in [5.41, 5.74) is 2.88. The zero-order chi connectivity index (χ0) is 23.2. The molecule has 4 rings (SSSR count). The smallest absolute Gasteiger partial charge is 0.234 e. The van der Waals surface area contributed by atoms with Crippen LogP contribution < -0.4 is 5.32 Å². The average Bonchev–Trinajstić information content (AvgIpc) is 3.24. The Morgan fingerprint density at radius 3 is 2.15 bits per heavy atom. The summed E-state index contributed by atoms with van der Waals surface area (Å²) in [7, 11) is 0. The van der Waals surface area contributed by atoms with E-state index in [1.807, 2.05) is 36.4 Å². The Morgan fingerprint density at radius 1 is 0.939 bits per heavy atom. The van der Waals surface area contributed by atoms with Gasteiger partial charge in [0.2, 0.25) is 5.91 Å². The van der Waals surface area contributed by atoms with Gasteiger partial charge in [-0.1, -0.05) is 95.6 Å². The summed E-state index contributed by atoms with van der Waals surface area (Å²) in [5.74, 6) is 0.828. The number of carbonyl (C=O) groups excluding carboxylic acids is 1. The van der Waals surface area contributed by atoms with E-state index < -0.39 is 0 Å². The second kappa shape index (κ2) is 10.9. The first kappa shape index (κ1) is 23.4. The maximum Gasteiger partial charge on any atom is 0.234 e. The highest BCUT2D eigenvalue weighted by Crippen LogP contribution is 2.32. The Labute approximate surface area is 207 Å². The van der Waals surface area contributed by atoms with Crippen molar-refractivity contribution in [2.24, 2.45) is 0 Å². The highest BCUT2D eigenvalue weighted by molar-refractivity contribution is 7.99. The number of halogens is 2. The first-order valence-electron chi connectivity index (χ1n) is 10.5. The van der Waals surface area contributed by atoms with Gasteiger partial charge >= 0.3 is 0 Å². The Balaban J connectivity index is 1.55. The number of hydrogen-bond acceptors (Lipinski definition) is 4. The van der Waals surface area contributed by atoms with Crippen molar-refractivity contribution in [1.29, 1.82) is 0 Å². The number of thioether (sulfide) groups is 1. The second-order valence-corrected chi connectivity index (χ2v) is 9.06. The lowest BCUT2D eigenvalue weighted by Gasteiger charge is -2.18. The van der Waals surface area contributed by atoms with E-state index in [0.717, 1.165) is 17.0 Å². The molecule has 8 heteroatoms. The van der Waals surface area contributed by atoms with Gasteiger partial charge in [0, 0.05) is 12.2 Å². The van der Waals surface area contributed by atoms with Crippen LogP contribution in [0.5, 0.6) is 0 Å². The topological polar surface area (TPSA) is 59.8 Å².